The van der Waals surface area contributed by atoms with Crippen molar-refractivity contribution in [3.05, 3.63) is 0 Å². The molecule has 60 valence electrons. The molecule has 1 heterocycles. The molecule has 0 aromatic carbocycles. The van der Waals surface area contributed by atoms with Crippen LogP contribution in [-0.2, 0) is 0 Å². The topological polar surface area (TPSA) is 3.24 Å². The molecule has 1 aliphatic heterocycles. The van der Waals surface area contributed by atoms with E-state index in [4.69, 9.17) is 0 Å². The number of hydrogen-bond acceptors (Lipinski definition) is 2. The minimum atomic E-state index is 0.655. The van der Waals surface area contributed by atoms with E-state index in [2.05, 4.69) is 31.4 Å². The molecule has 0 aliphatic carbocycles. The molecule has 0 amide bonds. The summed E-state index contributed by atoms with van der Waals surface area (Å²) >= 11 is 4.23. The molecule has 0 N–H and O–H groups in total. The number of thiol groups is 1. The van der Waals surface area contributed by atoms with Crippen LogP contribution in [0.1, 0.15) is 26.7 Å². The Labute approximate surface area is 69.2 Å². The van der Waals surface area contributed by atoms with Gasteiger partial charge in [0.2, 0.25) is 0 Å². The smallest absolute Gasteiger partial charge is 0.0414 e. The molecule has 1 nitrogen and oxygen atoms in total. The van der Waals surface area contributed by atoms with Crippen LogP contribution >= 0.6 is 12.6 Å². The third-order valence-corrected chi connectivity index (χ3v) is 3.22. The molecule has 10 heavy (non-hydrogen) atoms. The van der Waals surface area contributed by atoms with Gasteiger partial charge in [-0.05, 0) is 18.3 Å². The summed E-state index contributed by atoms with van der Waals surface area (Å²) in [5.74, 6) is 0.932. The predicted molar refractivity (Wildman–Crippen MR) is 48.4 cm³/mol. The lowest BCUT2D eigenvalue weighted by atomic mass is 9.76. The highest BCUT2D eigenvalue weighted by Gasteiger charge is 2.38. The Kier molecular flexibility index (Phi) is 2.64. The Morgan fingerprint density at radius 3 is 2.10 bits per heavy atom. The zero-order valence-corrected chi connectivity index (χ0v) is 7.82. The van der Waals surface area contributed by atoms with E-state index in [1.54, 1.807) is 0 Å². The third-order valence-electron chi connectivity index (χ3n) is 2.82. The summed E-state index contributed by atoms with van der Waals surface area (Å²) < 4.78 is 0. The lowest BCUT2D eigenvalue weighted by Gasteiger charge is -2.49. The molecule has 0 aromatic rings. The first kappa shape index (κ1) is 8.41. The zero-order chi connectivity index (χ0) is 7.61. The van der Waals surface area contributed by atoms with E-state index in [-0.39, 0.29) is 0 Å². The summed E-state index contributed by atoms with van der Waals surface area (Å²) in [7, 11) is 0. The van der Waals surface area contributed by atoms with Crippen LogP contribution in [0.3, 0.4) is 0 Å². The minimum Gasteiger partial charge on any atom is -0.293 e. The first-order chi connectivity index (χ1) is 4.76. The normalized spacial score (nSPS) is 24.3. The fourth-order valence-corrected chi connectivity index (χ4v) is 1.90. The van der Waals surface area contributed by atoms with Gasteiger partial charge in [-0.1, -0.05) is 13.8 Å². The Hall–Kier alpha value is 0.310. The van der Waals surface area contributed by atoms with Gasteiger partial charge in [0.25, 0.3) is 0 Å². The second-order valence-corrected chi connectivity index (χ2v) is 3.62. The third kappa shape index (κ3) is 1.32. The maximum Gasteiger partial charge on any atom is 0.0414 e. The van der Waals surface area contributed by atoms with Crippen molar-refractivity contribution in [2.24, 2.45) is 5.41 Å². The van der Waals surface area contributed by atoms with Gasteiger partial charge in [0.05, 0.1) is 0 Å². The van der Waals surface area contributed by atoms with Crippen molar-refractivity contribution in [1.29, 1.82) is 0 Å². The highest BCUT2D eigenvalue weighted by molar-refractivity contribution is 7.80. The van der Waals surface area contributed by atoms with Crippen molar-refractivity contribution >= 4 is 12.6 Å². The average molecular weight is 159 g/mol. The van der Waals surface area contributed by atoms with Gasteiger partial charge in [-0.25, -0.2) is 0 Å². The predicted octanol–water partition coefficient (Wildman–Crippen LogP) is 2.00. The fraction of sp³-hybridized carbons (Fsp3) is 1.00. The molecule has 2 heteroatoms. The number of likely N-dealkylation sites (tertiary alicyclic amines) is 1. The van der Waals surface area contributed by atoms with Crippen LogP contribution in [0.4, 0.5) is 0 Å². The Balaban J connectivity index is 2.31. The van der Waals surface area contributed by atoms with Gasteiger partial charge >= 0.3 is 0 Å². The molecule has 0 aromatic heterocycles. The molecule has 1 rings (SSSR count). The van der Waals surface area contributed by atoms with Crippen LogP contribution in [0.25, 0.3) is 0 Å². The summed E-state index contributed by atoms with van der Waals surface area (Å²) in [6.45, 7) is 7.12. The van der Waals surface area contributed by atoms with Crippen molar-refractivity contribution in [3.8, 4) is 0 Å². The first-order valence-corrected chi connectivity index (χ1v) is 4.73. The lowest BCUT2D eigenvalue weighted by molar-refractivity contribution is 0.0104. The Morgan fingerprint density at radius 2 is 1.80 bits per heavy atom. The second-order valence-electron chi connectivity index (χ2n) is 3.34. The molecule has 0 atom stereocenters. The summed E-state index contributed by atoms with van der Waals surface area (Å²) in [5.41, 5.74) is 0.655. The fourth-order valence-electron chi connectivity index (χ4n) is 1.70. The van der Waals surface area contributed by atoms with Crippen molar-refractivity contribution in [2.75, 3.05) is 19.0 Å². The Morgan fingerprint density at radius 1 is 1.30 bits per heavy atom. The van der Waals surface area contributed by atoms with Crippen molar-refractivity contribution in [1.82, 2.24) is 4.90 Å². The summed E-state index contributed by atoms with van der Waals surface area (Å²) in [5, 5.41) is 0. The monoisotopic (exact) mass is 159 g/mol. The van der Waals surface area contributed by atoms with Crippen molar-refractivity contribution < 1.29 is 0 Å². The molecule has 1 fully saturated rings. The van der Waals surface area contributed by atoms with E-state index in [1.165, 1.54) is 25.9 Å². The number of hydrogen-bond donors (Lipinski definition) is 1. The van der Waals surface area contributed by atoms with Gasteiger partial charge < -0.3 is 0 Å². The van der Waals surface area contributed by atoms with E-state index in [0.29, 0.717) is 5.41 Å². The zero-order valence-electron chi connectivity index (χ0n) is 6.93. The van der Waals surface area contributed by atoms with Crippen molar-refractivity contribution in [3.63, 3.8) is 0 Å². The lowest BCUT2D eigenvalue weighted by Crippen LogP contribution is -2.54. The van der Waals surface area contributed by atoms with Gasteiger partial charge in [-0.2, -0.15) is 12.6 Å². The van der Waals surface area contributed by atoms with Crippen LogP contribution in [-0.4, -0.2) is 23.9 Å². The van der Waals surface area contributed by atoms with E-state index in [0.717, 1.165) is 5.88 Å². The molecular weight excluding hydrogens is 142 g/mol. The molecule has 1 saturated heterocycles. The summed E-state index contributed by atoms with van der Waals surface area (Å²) in [4.78, 5) is 2.39. The molecular formula is C8H17NS. The molecule has 0 saturated carbocycles. The summed E-state index contributed by atoms with van der Waals surface area (Å²) in [6, 6.07) is 0. The maximum absolute atomic E-state index is 4.23. The van der Waals surface area contributed by atoms with E-state index in [1.807, 2.05) is 0 Å². The van der Waals surface area contributed by atoms with Crippen LogP contribution in [0.15, 0.2) is 0 Å². The molecule has 1 aliphatic rings. The van der Waals surface area contributed by atoms with Gasteiger partial charge in [0, 0.05) is 19.0 Å². The second kappa shape index (κ2) is 3.14. The van der Waals surface area contributed by atoms with Crippen molar-refractivity contribution in [2.45, 2.75) is 26.7 Å². The molecule has 0 unspecified atom stereocenters. The van der Waals surface area contributed by atoms with Crippen LogP contribution in [0.5, 0.6) is 0 Å². The maximum atomic E-state index is 4.23. The Bertz CT molecular complexity index is 102. The van der Waals surface area contributed by atoms with Crippen LogP contribution in [0.2, 0.25) is 0 Å². The van der Waals surface area contributed by atoms with Crippen LogP contribution in [0, 0.1) is 5.41 Å². The van der Waals surface area contributed by atoms with E-state index >= 15 is 0 Å². The standard InChI is InChI=1S/C8H17NS/c1-3-8(4-2)5-9(6-8)7-10/h10H,3-7H2,1-2H3. The van der Waals surface area contributed by atoms with Gasteiger partial charge in [-0.3, -0.25) is 4.90 Å². The largest absolute Gasteiger partial charge is 0.293 e. The highest BCUT2D eigenvalue weighted by atomic mass is 32.1. The molecule has 0 radical (unpaired) electrons. The minimum absolute atomic E-state index is 0.655. The summed E-state index contributed by atoms with van der Waals surface area (Å²) in [6.07, 6.45) is 2.65. The molecule has 0 bridgehead atoms. The SMILES string of the molecule is CCC1(CC)CN(CS)C1. The van der Waals surface area contributed by atoms with Crippen LogP contribution < -0.4 is 0 Å². The number of rotatable bonds is 3. The number of nitrogens with zero attached hydrogens (tertiary/aromatic N) is 1. The van der Waals surface area contributed by atoms with Gasteiger partial charge in [-0.15, -0.1) is 0 Å². The van der Waals surface area contributed by atoms with Gasteiger partial charge in [0.15, 0.2) is 0 Å². The van der Waals surface area contributed by atoms with E-state index in [9.17, 15) is 0 Å². The highest BCUT2D eigenvalue weighted by Crippen LogP contribution is 2.36. The average Bonchev–Trinajstić information content (AvgIpc) is 1.89. The van der Waals surface area contributed by atoms with E-state index < -0.39 is 0 Å². The van der Waals surface area contributed by atoms with Gasteiger partial charge in [0.1, 0.15) is 0 Å². The first-order valence-electron chi connectivity index (χ1n) is 4.09. The molecule has 0 spiro atoms. The quantitative estimate of drug-likeness (QED) is 0.616.